The molecule has 3 aliphatic rings. The van der Waals surface area contributed by atoms with E-state index in [2.05, 4.69) is 43.4 Å². The zero-order chi connectivity index (χ0) is 18.3. The van der Waals surface area contributed by atoms with Crippen molar-refractivity contribution in [3.8, 4) is 0 Å². The van der Waals surface area contributed by atoms with Gasteiger partial charge in [-0.2, -0.15) is 0 Å². The summed E-state index contributed by atoms with van der Waals surface area (Å²) in [5.41, 5.74) is 3.11. The maximum absolute atomic E-state index is 12.9. The third kappa shape index (κ3) is 3.08. The minimum atomic E-state index is -0.412. The van der Waals surface area contributed by atoms with Gasteiger partial charge < -0.3 is 15.0 Å². The number of rotatable bonds is 3. The lowest BCUT2D eigenvalue weighted by atomic mass is 9.85. The summed E-state index contributed by atoms with van der Waals surface area (Å²) in [5, 5.41) is 2.68. The Labute approximate surface area is 155 Å². The summed E-state index contributed by atoms with van der Waals surface area (Å²) in [5.74, 6) is 1.14. The summed E-state index contributed by atoms with van der Waals surface area (Å²) in [4.78, 5) is 26.2. The van der Waals surface area contributed by atoms with E-state index in [9.17, 15) is 9.59 Å². The Morgan fingerprint density at radius 3 is 2.77 bits per heavy atom. The van der Waals surface area contributed by atoms with E-state index >= 15 is 0 Å². The van der Waals surface area contributed by atoms with Crippen LogP contribution in [0.15, 0.2) is 24.3 Å². The number of piperidine rings is 1. The number of carbonyl (C=O) groups excluding carboxylic acids is 2. The second kappa shape index (κ2) is 6.60. The normalized spacial score (nSPS) is 30.9. The van der Waals surface area contributed by atoms with E-state index in [4.69, 9.17) is 4.74 Å². The number of carbonyl (C=O) groups is 2. The summed E-state index contributed by atoms with van der Waals surface area (Å²) >= 11 is 0. The van der Waals surface area contributed by atoms with Gasteiger partial charge in [-0.1, -0.05) is 38.1 Å². The number of alkyl carbamates (subject to hydrolysis) is 1. The first-order valence-electron chi connectivity index (χ1n) is 9.79. The first kappa shape index (κ1) is 17.4. The number of fused-ring (bicyclic) bond motifs is 1. The molecule has 26 heavy (non-hydrogen) atoms. The van der Waals surface area contributed by atoms with Gasteiger partial charge in [-0.25, -0.2) is 4.79 Å². The van der Waals surface area contributed by atoms with Crippen LogP contribution in [0.3, 0.4) is 0 Å². The van der Waals surface area contributed by atoms with Gasteiger partial charge in [0.15, 0.2) is 0 Å². The molecule has 0 aromatic heterocycles. The van der Waals surface area contributed by atoms with Crippen molar-refractivity contribution in [1.82, 2.24) is 10.2 Å². The number of likely N-dealkylation sites (tertiary alicyclic amines) is 1. The maximum atomic E-state index is 12.9. The minimum absolute atomic E-state index is 0.155. The molecule has 3 fully saturated rings. The molecule has 0 spiro atoms. The molecule has 2 aliphatic heterocycles. The molecule has 2 amide bonds. The molecular weight excluding hydrogens is 328 g/mol. The van der Waals surface area contributed by atoms with Crippen molar-refractivity contribution < 1.29 is 14.3 Å². The third-order valence-electron chi connectivity index (χ3n) is 6.51. The number of hydrogen-bond donors (Lipinski definition) is 1. The smallest absolute Gasteiger partial charge is 0.407 e. The first-order valence-corrected chi connectivity index (χ1v) is 9.79. The number of nitrogens with one attached hydrogen (secondary N) is 1. The Balaban J connectivity index is 1.39. The van der Waals surface area contributed by atoms with E-state index in [1.54, 1.807) is 0 Å². The molecule has 3 atom stereocenters. The Kier molecular flexibility index (Phi) is 4.41. The van der Waals surface area contributed by atoms with Gasteiger partial charge in [0, 0.05) is 25.0 Å². The molecule has 1 aromatic carbocycles. The van der Waals surface area contributed by atoms with Gasteiger partial charge in [-0.05, 0) is 42.2 Å². The summed E-state index contributed by atoms with van der Waals surface area (Å²) in [7, 11) is 0. The molecule has 5 heteroatoms. The molecule has 1 aliphatic carbocycles. The fourth-order valence-electron chi connectivity index (χ4n) is 4.64. The highest BCUT2D eigenvalue weighted by atomic mass is 16.5. The summed E-state index contributed by atoms with van der Waals surface area (Å²) in [6, 6.07) is 9.11. The van der Waals surface area contributed by atoms with Crippen LogP contribution in [0.25, 0.3) is 0 Å². The van der Waals surface area contributed by atoms with Crippen molar-refractivity contribution in [2.75, 3.05) is 26.2 Å². The van der Waals surface area contributed by atoms with Gasteiger partial charge >= 0.3 is 6.09 Å². The molecular formula is C21H28N2O3. The molecule has 4 rings (SSSR count). The molecule has 1 aromatic rings. The lowest BCUT2D eigenvalue weighted by Gasteiger charge is -2.34. The monoisotopic (exact) mass is 356 g/mol. The van der Waals surface area contributed by atoms with Crippen molar-refractivity contribution in [2.45, 2.75) is 44.4 Å². The first-order chi connectivity index (χ1) is 12.5. The number of hydrogen-bond acceptors (Lipinski definition) is 3. The second-order valence-electron chi connectivity index (χ2n) is 8.37. The fraction of sp³-hybridized carbons (Fsp3) is 0.619. The number of ether oxygens (including phenoxy) is 1. The fourth-order valence-corrected chi connectivity index (χ4v) is 4.64. The molecule has 1 N–H and O–H groups in total. The van der Waals surface area contributed by atoms with Crippen molar-refractivity contribution >= 4 is 12.0 Å². The van der Waals surface area contributed by atoms with Crippen molar-refractivity contribution in [3.05, 3.63) is 35.4 Å². The van der Waals surface area contributed by atoms with Crippen molar-refractivity contribution in [3.63, 3.8) is 0 Å². The second-order valence-corrected chi connectivity index (χ2v) is 8.37. The van der Waals surface area contributed by atoms with Gasteiger partial charge in [0.1, 0.15) is 0 Å². The lowest BCUT2D eigenvalue weighted by Crippen LogP contribution is -2.45. The third-order valence-corrected chi connectivity index (χ3v) is 6.51. The van der Waals surface area contributed by atoms with Gasteiger partial charge in [-0.15, -0.1) is 0 Å². The summed E-state index contributed by atoms with van der Waals surface area (Å²) in [6.45, 7) is 6.81. The molecule has 0 bridgehead atoms. The van der Waals surface area contributed by atoms with E-state index in [0.29, 0.717) is 31.4 Å². The van der Waals surface area contributed by atoms with Crippen LogP contribution in [0.5, 0.6) is 0 Å². The Morgan fingerprint density at radius 2 is 2.08 bits per heavy atom. The molecule has 0 radical (unpaired) electrons. The Bertz CT molecular complexity index is 700. The molecule has 2 unspecified atom stereocenters. The van der Waals surface area contributed by atoms with Gasteiger partial charge in [0.2, 0.25) is 5.91 Å². The summed E-state index contributed by atoms with van der Waals surface area (Å²) in [6.07, 6.45) is 2.42. The Hall–Kier alpha value is -2.04. The van der Waals surface area contributed by atoms with Gasteiger partial charge in [0.05, 0.1) is 12.5 Å². The number of benzene rings is 1. The topological polar surface area (TPSA) is 58.6 Å². The molecule has 2 heterocycles. The predicted octanol–water partition coefficient (Wildman–Crippen LogP) is 3.05. The van der Waals surface area contributed by atoms with E-state index < -0.39 is 6.09 Å². The Morgan fingerprint density at radius 1 is 1.31 bits per heavy atom. The quantitative estimate of drug-likeness (QED) is 0.906. The van der Waals surface area contributed by atoms with Crippen LogP contribution in [0.2, 0.25) is 0 Å². The highest BCUT2D eigenvalue weighted by molar-refractivity contribution is 5.80. The van der Waals surface area contributed by atoms with Crippen molar-refractivity contribution in [1.29, 1.82) is 0 Å². The van der Waals surface area contributed by atoms with Crippen LogP contribution in [0, 0.1) is 11.8 Å². The molecule has 5 nitrogen and oxygen atoms in total. The van der Waals surface area contributed by atoms with Gasteiger partial charge in [-0.3, -0.25) is 4.79 Å². The van der Waals surface area contributed by atoms with Crippen LogP contribution in [-0.2, 0) is 14.9 Å². The van der Waals surface area contributed by atoms with Crippen LogP contribution < -0.4 is 5.32 Å². The lowest BCUT2D eigenvalue weighted by molar-refractivity contribution is -0.136. The minimum Gasteiger partial charge on any atom is -0.450 e. The largest absolute Gasteiger partial charge is 0.450 e. The highest BCUT2D eigenvalue weighted by Gasteiger charge is 2.58. The summed E-state index contributed by atoms with van der Waals surface area (Å²) < 4.78 is 4.98. The van der Waals surface area contributed by atoms with Crippen LogP contribution in [0.1, 0.15) is 50.2 Å². The number of amides is 2. The maximum Gasteiger partial charge on any atom is 0.407 e. The van der Waals surface area contributed by atoms with Crippen LogP contribution in [-0.4, -0.2) is 43.1 Å². The zero-order valence-corrected chi connectivity index (χ0v) is 15.7. The zero-order valence-electron chi connectivity index (χ0n) is 15.7. The van der Waals surface area contributed by atoms with E-state index in [0.717, 1.165) is 19.5 Å². The van der Waals surface area contributed by atoms with E-state index in [-0.39, 0.29) is 17.2 Å². The number of cyclic esters (lactones) is 1. The van der Waals surface area contributed by atoms with Crippen LogP contribution in [0.4, 0.5) is 4.79 Å². The average molecular weight is 356 g/mol. The number of nitrogens with zero attached hydrogens (tertiary/aromatic N) is 1. The van der Waals surface area contributed by atoms with E-state index in [1.807, 2.05) is 4.90 Å². The van der Waals surface area contributed by atoms with Crippen molar-refractivity contribution in [2.24, 2.45) is 11.8 Å². The van der Waals surface area contributed by atoms with Crippen LogP contribution >= 0.6 is 0 Å². The van der Waals surface area contributed by atoms with E-state index in [1.165, 1.54) is 17.5 Å². The van der Waals surface area contributed by atoms with Gasteiger partial charge in [0.25, 0.3) is 0 Å². The standard InChI is InChI=1S/C21H28N2O3/c1-14(2)15-3-5-17(6-4-15)21-8-9-23(13-18(21)11-21)19(24)16-7-10-26-20(25)22-12-16/h3-6,14,16,18H,7-13H2,1-2H3,(H,22,25)/t16-,18?,21?/m1/s1. The SMILES string of the molecule is CC(C)c1ccc(C23CCN(C(=O)[C@@H]4CCOC(=O)NC4)CC2C3)cc1. The molecule has 2 saturated heterocycles. The highest BCUT2D eigenvalue weighted by Crippen LogP contribution is 2.59. The average Bonchev–Trinajstić information content (AvgIpc) is 3.41. The molecule has 140 valence electrons. The predicted molar refractivity (Wildman–Crippen MR) is 99.0 cm³/mol. The molecule has 1 saturated carbocycles.